The third kappa shape index (κ3) is 4.83. The largest absolute Gasteiger partial charge is 0.355 e. The van der Waals surface area contributed by atoms with E-state index in [0.717, 1.165) is 29.5 Å². The average Bonchev–Trinajstić information content (AvgIpc) is 2.97. The first-order chi connectivity index (χ1) is 18.5. The Balaban J connectivity index is 1.34. The molecule has 1 heterocycles. The van der Waals surface area contributed by atoms with E-state index in [-0.39, 0.29) is 29.7 Å². The summed E-state index contributed by atoms with van der Waals surface area (Å²) in [5.74, 6) is -0.255. The van der Waals surface area contributed by atoms with Gasteiger partial charge in [0.1, 0.15) is 0 Å². The summed E-state index contributed by atoms with van der Waals surface area (Å²) >= 11 is 0. The topological polar surface area (TPSA) is 78.5 Å². The zero-order chi connectivity index (χ0) is 26.5. The minimum atomic E-state index is -0.820. The van der Waals surface area contributed by atoms with Gasteiger partial charge in [0.05, 0.1) is 11.3 Å². The van der Waals surface area contributed by atoms with E-state index in [9.17, 15) is 14.4 Å². The number of piperidine rings is 1. The van der Waals surface area contributed by atoms with Crippen LogP contribution in [-0.4, -0.2) is 48.3 Å². The number of carbonyl (C=O) groups excluding carboxylic acids is 3. The van der Waals surface area contributed by atoms with Crippen molar-refractivity contribution in [3.8, 4) is 0 Å². The molecular weight excluding hydrogens is 474 g/mol. The van der Waals surface area contributed by atoms with Gasteiger partial charge in [-0.3, -0.25) is 14.4 Å². The molecule has 0 aromatic heterocycles. The summed E-state index contributed by atoms with van der Waals surface area (Å²) in [6, 6.07) is 27.2. The van der Waals surface area contributed by atoms with Crippen LogP contribution in [0.5, 0.6) is 0 Å². The van der Waals surface area contributed by atoms with Crippen LogP contribution in [0, 0.1) is 0 Å². The summed E-state index contributed by atoms with van der Waals surface area (Å²) < 4.78 is 0. The lowest BCUT2D eigenvalue weighted by Crippen LogP contribution is -2.51. The van der Waals surface area contributed by atoms with Crippen molar-refractivity contribution in [1.82, 2.24) is 15.5 Å². The van der Waals surface area contributed by atoms with E-state index in [1.807, 2.05) is 96.8 Å². The molecule has 0 radical (unpaired) electrons. The summed E-state index contributed by atoms with van der Waals surface area (Å²) in [6.07, 6.45) is 2.63. The van der Waals surface area contributed by atoms with Gasteiger partial charge in [0.2, 0.25) is 11.8 Å². The summed E-state index contributed by atoms with van der Waals surface area (Å²) in [5.41, 5.74) is 2.66. The number of fused-ring (bicyclic) bond motifs is 1. The standard InChI is InChI=1S/C32H35N3O3/c1-2-33-31(38)32(24-13-7-4-8-14-24)20-17-27(26-15-9-10-16-28(26)32)30(37)35-21-18-25(19-22-35)34-29(36)23-11-5-3-6-12-23/h3-16,25,27H,2,17-22H2,1H3,(H,33,38)(H,34,36)/t27-,32+/m1/s1. The van der Waals surface area contributed by atoms with E-state index >= 15 is 0 Å². The van der Waals surface area contributed by atoms with Crippen LogP contribution in [0.15, 0.2) is 84.9 Å². The van der Waals surface area contributed by atoms with E-state index in [4.69, 9.17) is 0 Å². The van der Waals surface area contributed by atoms with Crippen LogP contribution < -0.4 is 10.6 Å². The highest BCUT2D eigenvalue weighted by atomic mass is 16.2. The van der Waals surface area contributed by atoms with Crippen molar-refractivity contribution in [2.45, 2.75) is 50.0 Å². The number of likely N-dealkylation sites (tertiary alicyclic amines) is 1. The van der Waals surface area contributed by atoms with E-state index in [2.05, 4.69) is 10.6 Å². The Morgan fingerprint density at radius 3 is 2.16 bits per heavy atom. The van der Waals surface area contributed by atoms with Crippen LogP contribution in [-0.2, 0) is 15.0 Å². The number of likely N-dealkylation sites (N-methyl/N-ethyl adjacent to an activating group) is 1. The van der Waals surface area contributed by atoms with Gasteiger partial charge in [-0.15, -0.1) is 0 Å². The number of hydrogen-bond donors (Lipinski definition) is 2. The van der Waals surface area contributed by atoms with Gasteiger partial charge in [0.25, 0.3) is 5.91 Å². The Kier molecular flexibility index (Phi) is 7.59. The van der Waals surface area contributed by atoms with Gasteiger partial charge in [-0.25, -0.2) is 0 Å². The Bertz CT molecular complexity index is 1290. The molecule has 1 saturated heterocycles. The molecule has 0 saturated carbocycles. The third-order valence-corrected chi connectivity index (χ3v) is 8.07. The fourth-order valence-corrected chi connectivity index (χ4v) is 6.12. The summed E-state index contributed by atoms with van der Waals surface area (Å²) in [4.78, 5) is 42.0. The van der Waals surface area contributed by atoms with Gasteiger partial charge < -0.3 is 15.5 Å². The first-order valence-electron chi connectivity index (χ1n) is 13.6. The predicted octanol–water partition coefficient (Wildman–Crippen LogP) is 4.41. The fourth-order valence-electron chi connectivity index (χ4n) is 6.12. The van der Waals surface area contributed by atoms with Gasteiger partial charge in [0, 0.05) is 31.2 Å². The molecule has 196 valence electrons. The van der Waals surface area contributed by atoms with Crippen molar-refractivity contribution < 1.29 is 14.4 Å². The van der Waals surface area contributed by atoms with Gasteiger partial charge in [-0.2, -0.15) is 0 Å². The molecule has 3 aromatic carbocycles. The Labute approximate surface area is 224 Å². The fraction of sp³-hybridized carbons (Fsp3) is 0.344. The van der Waals surface area contributed by atoms with Crippen molar-refractivity contribution in [1.29, 1.82) is 0 Å². The molecule has 0 unspecified atom stereocenters. The second-order valence-corrected chi connectivity index (χ2v) is 10.2. The SMILES string of the molecule is CCNC(=O)[C@]1(c2ccccc2)CC[C@@H](C(=O)N2CCC(NC(=O)c3ccccc3)CC2)c2ccccc21. The molecule has 2 aliphatic rings. The van der Waals surface area contributed by atoms with Crippen LogP contribution in [0.3, 0.4) is 0 Å². The second-order valence-electron chi connectivity index (χ2n) is 10.2. The quantitative estimate of drug-likeness (QED) is 0.517. The van der Waals surface area contributed by atoms with E-state index < -0.39 is 5.41 Å². The highest BCUT2D eigenvalue weighted by Crippen LogP contribution is 2.47. The first kappa shape index (κ1) is 25.7. The van der Waals surface area contributed by atoms with Crippen LogP contribution in [0.2, 0.25) is 0 Å². The smallest absolute Gasteiger partial charge is 0.251 e. The Hall–Kier alpha value is -3.93. The van der Waals surface area contributed by atoms with Crippen LogP contribution in [0.4, 0.5) is 0 Å². The Morgan fingerprint density at radius 2 is 1.47 bits per heavy atom. The zero-order valence-electron chi connectivity index (χ0n) is 21.9. The summed E-state index contributed by atoms with van der Waals surface area (Å²) in [5, 5.41) is 6.19. The van der Waals surface area contributed by atoms with Gasteiger partial charge in [-0.05, 0) is 61.4 Å². The van der Waals surface area contributed by atoms with Gasteiger partial charge in [-0.1, -0.05) is 72.8 Å². The minimum absolute atomic E-state index is 0.0143. The minimum Gasteiger partial charge on any atom is -0.355 e. The number of rotatable bonds is 6. The average molecular weight is 510 g/mol. The third-order valence-electron chi connectivity index (χ3n) is 8.07. The lowest BCUT2D eigenvalue weighted by molar-refractivity contribution is -0.135. The van der Waals surface area contributed by atoms with E-state index in [1.54, 1.807) is 0 Å². The molecule has 38 heavy (non-hydrogen) atoms. The van der Waals surface area contributed by atoms with Crippen molar-refractivity contribution in [3.63, 3.8) is 0 Å². The van der Waals surface area contributed by atoms with Crippen LogP contribution in [0.25, 0.3) is 0 Å². The molecule has 0 spiro atoms. The summed E-state index contributed by atoms with van der Waals surface area (Å²) in [7, 11) is 0. The first-order valence-corrected chi connectivity index (χ1v) is 13.6. The number of nitrogens with zero attached hydrogens (tertiary/aromatic N) is 1. The molecule has 1 fully saturated rings. The molecule has 2 atom stereocenters. The molecule has 0 bridgehead atoms. The van der Waals surface area contributed by atoms with Gasteiger partial charge in [0.15, 0.2) is 0 Å². The van der Waals surface area contributed by atoms with Crippen molar-refractivity contribution >= 4 is 17.7 Å². The van der Waals surface area contributed by atoms with Crippen molar-refractivity contribution in [3.05, 3.63) is 107 Å². The maximum absolute atomic E-state index is 13.8. The summed E-state index contributed by atoms with van der Waals surface area (Å²) in [6.45, 7) is 3.70. The van der Waals surface area contributed by atoms with Crippen LogP contribution in [0.1, 0.15) is 65.6 Å². The van der Waals surface area contributed by atoms with E-state index in [1.165, 1.54) is 0 Å². The lowest BCUT2D eigenvalue weighted by atomic mass is 9.62. The zero-order valence-corrected chi connectivity index (χ0v) is 21.9. The Morgan fingerprint density at radius 1 is 0.842 bits per heavy atom. The lowest BCUT2D eigenvalue weighted by Gasteiger charge is -2.42. The maximum atomic E-state index is 13.8. The monoisotopic (exact) mass is 509 g/mol. The predicted molar refractivity (Wildman–Crippen MR) is 148 cm³/mol. The molecule has 5 rings (SSSR count). The number of carbonyl (C=O) groups is 3. The highest BCUT2D eigenvalue weighted by molar-refractivity contribution is 5.95. The van der Waals surface area contributed by atoms with Crippen molar-refractivity contribution in [2.24, 2.45) is 0 Å². The molecular formula is C32H35N3O3. The highest BCUT2D eigenvalue weighted by Gasteiger charge is 2.48. The molecule has 3 aromatic rings. The molecule has 1 aliphatic heterocycles. The van der Waals surface area contributed by atoms with Gasteiger partial charge >= 0.3 is 0 Å². The number of nitrogens with one attached hydrogen (secondary N) is 2. The number of benzene rings is 3. The van der Waals surface area contributed by atoms with Crippen LogP contribution >= 0.6 is 0 Å². The molecule has 1 aliphatic carbocycles. The normalized spacial score (nSPS) is 21.3. The molecule has 3 amide bonds. The van der Waals surface area contributed by atoms with Crippen molar-refractivity contribution in [2.75, 3.05) is 19.6 Å². The molecule has 6 nitrogen and oxygen atoms in total. The number of hydrogen-bond acceptors (Lipinski definition) is 3. The second kappa shape index (κ2) is 11.2. The maximum Gasteiger partial charge on any atom is 0.251 e. The molecule has 2 N–H and O–H groups in total. The molecule has 6 heteroatoms. The van der Waals surface area contributed by atoms with E-state index in [0.29, 0.717) is 38.0 Å². The number of amides is 3.